The molecule has 3 heteroatoms. The van der Waals surface area contributed by atoms with Crippen LogP contribution in [0.2, 0.25) is 0 Å². The quantitative estimate of drug-likeness (QED) is 0.772. The predicted octanol–water partition coefficient (Wildman–Crippen LogP) is 1.76. The van der Waals surface area contributed by atoms with Gasteiger partial charge in [-0.25, -0.2) is 0 Å². The molecule has 2 N–H and O–H groups in total. The highest BCUT2D eigenvalue weighted by Crippen LogP contribution is 2.26. The Hall–Kier alpha value is -0.570. The van der Waals surface area contributed by atoms with Crippen LogP contribution in [0.15, 0.2) is 0 Å². The Kier molecular flexibility index (Phi) is 4.58. The normalized spacial score (nSPS) is 25.9. The van der Waals surface area contributed by atoms with Gasteiger partial charge in [0, 0.05) is 24.5 Å². The Morgan fingerprint density at radius 1 is 1.47 bits per heavy atom. The van der Waals surface area contributed by atoms with Crippen LogP contribution >= 0.6 is 0 Å². The summed E-state index contributed by atoms with van der Waals surface area (Å²) < 4.78 is 0. The third-order valence-electron chi connectivity index (χ3n) is 3.19. The number of rotatable bonds is 4. The van der Waals surface area contributed by atoms with E-state index in [1.54, 1.807) is 0 Å². The molecule has 88 valence electrons. The van der Waals surface area contributed by atoms with Crippen molar-refractivity contribution in [2.75, 3.05) is 6.54 Å². The van der Waals surface area contributed by atoms with Crippen LogP contribution in [-0.4, -0.2) is 29.4 Å². The van der Waals surface area contributed by atoms with Crippen molar-refractivity contribution in [2.24, 2.45) is 11.7 Å². The van der Waals surface area contributed by atoms with Crippen molar-refractivity contribution in [3.05, 3.63) is 0 Å². The van der Waals surface area contributed by atoms with Crippen LogP contribution in [0, 0.1) is 5.92 Å². The summed E-state index contributed by atoms with van der Waals surface area (Å²) in [6.45, 7) is 7.16. The standard InChI is InChI=1S/C12H24N2O/c1-4-7-14(9(2)3)12(15)10-5-6-11(13)8-10/h9-11H,4-8,13H2,1-3H3. The third kappa shape index (κ3) is 3.20. The third-order valence-corrected chi connectivity index (χ3v) is 3.19. The minimum atomic E-state index is 0.189. The smallest absolute Gasteiger partial charge is 0.225 e. The number of carbonyl (C=O) groups excluding carboxylic acids is 1. The predicted molar refractivity (Wildman–Crippen MR) is 62.5 cm³/mol. The molecule has 0 aromatic carbocycles. The molecule has 1 amide bonds. The molecule has 3 nitrogen and oxygen atoms in total. The van der Waals surface area contributed by atoms with Gasteiger partial charge in [-0.3, -0.25) is 4.79 Å². The van der Waals surface area contributed by atoms with Crippen molar-refractivity contribution in [1.29, 1.82) is 0 Å². The Labute approximate surface area is 93.0 Å². The lowest BCUT2D eigenvalue weighted by Gasteiger charge is -2.29. The van der Waals surface area contributed by atoms with E-state index in [-0.39, 0.29) is 12.0 Å². The minimum Gasteiger partial charge on any atom is -0.340 e. The van der Waals surface area contributed by atoms with Gasteiger partial charge in [0.2, 0.25) is 5.91 Å². The maximum absolute atomic E-state index is 12.2. The van der Waals surface area contributed by atoms with Gasteiger partial charge >= 0.3 is 0 Å². The Bertz CT molecular complexity index is 216. The molecule has 1 aliphatic rings. The molecule has 2 atom stereocenters. The van der Waals surface area contributed by atoms with E-state index in [1.807, 2.05) is 4.90 Å². The lowest BCUT2D eigenvalue weighted by atomic mass is 10.1. The van der Waals surface area contributed by atoms with Crippen LogP contribution in [0.3, 0.4) is 0 Å². The van der Waals surface area contributed by atoms with Gasteiger partial charge in [-0.2, -0.15) is 0 Å². The van der Waals surface area contributed by atoms with E-state index in [9.17, 15) is 4.79 Å². The second-order valence-electron chi connectivity index (χ2n) is 4.90. The van der Waals surface area contributed by atoms with Crippen LogP contribution in [0.25, 0.3) is 0 Å². The molecular formula is C12H24N2O. The highest BCUT2D eigenvalue weighted by molar-refractivity contribution is 5.79. The molecule has 1 fully saturated rings. The molecule has 0 saturated heterocycles. The first-order valence-corrected chi connectivity index (χ1v) is 6.12. The SMILES string of the molecule is CCCN(C(=O)C1CCC(N)C1)C(C)C. The van der Waals surface area contributed by atoms with Gasteiger partial charge in [0.15, 0.2) is 0 Å². The van der Waals surface area contributed by atoms with E-state index in [2.05, 4.69) is 20.8 Å². The number of nitrogens with two attached hydrogens (primary N) is 1. The van der Waals surface area contributed by atoms with Crippen molar-refractivity contribution >= 4 is 5.91 Å². The van der Waals surface area contributed by atoms with E-state index in [0.29, 0.717) is 11.9 Å². The highest BCUT2D eigenvalue weighted by Gasteiger charge is 2.31. The maximum Gasteiger partial charge on any atom is 0.225 e. The molecule has 0 bridgehead atoms. The van der Waals surface area contributed by atoms with Crippen LogP contribution in [0.5, 0.6) is 0 Å². The molecule has 0 radical (unpaired) electrons. The second-order valence-corrected chi connectivity index (χ2v) is 4.90. The minimum absolute atomic E-state index is 0.189. The van der Waals surface area contributed by atoms with Gasteiger partial charge in [0.25, 0.3) is 0 Å². The first-order chi connectivity index (χ1) is 7.06. The number of carbonyl (C=O) groups is 1. The Morgan fingerprint density at radius 2 is 2.13 bits per heavy atom. The van der Waals surface area contributed by atoms with Gasteiger partial charge in [-0.05, 0) is 39.5 Å². The summed E-state index contributed by atoms with van der Waals surface area (Å²) >= 11 is 0. The lowest BCUT2D eigenvalue weighted by Crippen LogP contribution is -2.41. The van der Waals surface area contributed by atoms with Crippen molar-refractivity contribution in [1.82, 2.24) is 4.90 Å². The van der Waals surface area contributed by atoms with E-state index >= 15 is 0 Å². The molecule has 0 aromatic heterocycles. The van der Waals surface area contributed by atoms with Crippen molar-refractivity contribution in [2.45, 2.75) is 58.5 Å². The van der Waals surface area contributed by atoms with Gasteiger partial charge < -0.3 is 10.6 Å². The summed E-state index contributed by atoms with van der Waals surface area (Å²) in [7, 11) is 0. The maximum atomic E-state index is 12.2. The Morgan fingerprint density at radius 3 is 2.53 bits per heavy atom. The molecular weight excluding hydrogens is 188 g/mol. The van der Waals surface area contributed by atoms with Crippen LogP contribution < -0.4 is 5.73 Å². The fourth-order valence-corrected chi connectivity index (χ4v) is 2.34. The van der Waals surface area contributed by atoms with Gasteiger partial charge in [-0.15, -0.1) is 0 Å². The van der Waals surface area contributed by atoms with Crippen molar-refractivity contribution < 1.29 is 4.79 Å². The second kappa shape index (κ2) is 5.50. The van der Waals surface area contributed by atoms with Gasteiger partial charge in [0.1, 0.15) is 0 Å². The zero-order chi connectivity index (χ0) is 11.4. The van der Waals surface area contributed by atoms with Gasteiger partial charge in [0.05, 0.1) is 0 Å². The van der Waals surface area contributed by atoms with Crippen LogP contribution in [0.1, 0.15) is 46.5 Å². The molecule has 0 aromatic rings. The van der Waals surface area contributed by atoms with Crippen molar-refractivity contribution in [3.8, 4) is 0 Å². The highest BCUT2D eigenvalue weighted by atomic mass is 16.2. The molecule has 0 spiro atoms. The summed E-state index contributed by atoms with van der Waals surface area (Å²) in [4.78, 5) is 14.2. The molecule has 15 heavy (non-hydrogen) atoms. The zero-order valence-electron chi connectivity index (χ0n) is 10.2. The molecule has 1 rings (SSSR count). The number of amides is 1. The average molecular weight is 212 g/mol. The fourth-order valence-electron chi connectivity index (χ4n) is 2.34. The summed E-state index contributed by atoms with van der Waals surface area (Å²) in [6, 6.07) is 0.559. The Balaban J connectivity index is 2.55. The van der Waals surface area contributed by atoms with E-state index in [1.165, 1.54) is 0 Å². The first kappa shape index (κ1) is 12.5. The number of hydrogen-bond donors (Lipinski definition) is 1. The van der Waals surface area contributed by atoms with E-state index in [4.69, 9.17) is 5.73 Å². The van der Waals surface area contributed by atoms with Gasteiger partial charge in [-0.1, -0.05) is 6.92 Å². The number of nitrogens with zero attached hydrogens (tertiary/aromatic N) is 1. The fraction of sp³-hybridized carbons (Fsp3) is 0.917. The van der Waals surface area contributed by atoms with Crippen LogP contribution in [0.4, 0.5) is 0 Å². The van der Waals surface area contributed by atoms with E-state index in [0.717, 1.165) is 32.2 Å². The summed E-state index contributed by atoms with van der Waals surface area (Å²) in [6.07, 6.45) is 3.90. The molecule has 0 heterocycles. The lowest BCUT2D eigenvalue weighted by molar-refractivity contribution is -0.137. The summed E-state index contributed by atoms with van der Waals surface area (Å²) in [5.74, 6) is 0.508. The largest absolute Gasteiger partial charge is 0.340 e. The first-order valence-electron chi connectivity index (χ1n) is 6.12. The topological polar surface area (TPSA) is 46.3 Å². The molecule has 2 unspecified atom stereocenters. The summed E-state index contributed by atoms with van der Waals surface area (Å²) in [5, 5.41) is 0. The summed E-state index contributed by atoms with van der Waals surface area (Å²) in [5.41, 5.74) is 5.84. The monoisotopic (exact) mass is 212 g/mol. The van der Waals surface area contributed by atoms with Crippen molar-refractivity contribution in [3.63, 3.8) is 0 Å². The molecule has 1 saturated carbocycles. The number of hydrogen-bond acceptors (Lipinski definition) is 2. The average Bonchev–Trinajstić information content (AvgIpc) is 2.59. The molecule has 1 aliphatic carbocycles. The van der Waals surface area contributed by atoms with Crippen LogP contribution in [-0.2, 0) is 4.79 Å². The van der Waals surface area contributed by atoms with E-state index < -0.39 is 0 Å². The molecule has 0 aliphatic heterocycles. The zero-order valence-corrected chi connectivity index (χ0v) is 10.2.